The molecule has 0 unspecified atom stereocenters. The molecule has 1 atom stereocenters. The lowest BCUT2D eigenvalue weighted by molar-refractivity contribution is -0.120. The predicted molar refractivity (Wildman–Crippen MR) is 99.0 cm³/mol. The van der Waals surface area contributed by atoms with Crippen molar-refractivity contribution in [3.8, 4) is 0 Å². The van der Waals surface area contributed by atoms with Crippen molar-refractivity contribution in [2.75, 3.05) is 11.9 Å². The van der Waals surface area contributed by atoms with Crippen LogP contribution in [0.2, 0.25) is 5.02 Å². The number of likely N-dealkylation sites (N-methyl/N-ethyl adjacent to an activating group) is 1. The molecule has 0 saturated carbocycles. The highest BCUT2D eigenvalue weighted by Crippen LogP contribution is 2.27. The molecule has 0 aliphatic carbocycles. The van der Waals surface area contributed by atoms with Crippen molar-refractivity contribution in [2.45, 2.75) is 12.5 Å². The van der Waals surface area contributed by atoms with Crippen molar-refractivity contribution in [1.82, 2.24) is 5.32 Å². The molecule has 6 heteroatoms. The van der Waals surface area contributed by atoms with E-state index < -0.39 is 6.04 Å². The van der Waals surface area contributed by atoms with Crippen molar-refractivity contribution in [1.29, 1.82) is 0 Å². The second kappa shape index (κ2) is 6.49. The molecule has 1 aliphatic heterocycles. The predicted octanol–water partition coefficient (Wildman–Crippen LogP) is 3.26. The van der Waals surface area contributed by atoms with E-state index in [0.29, 0.717) is 22.7 Å². The third-order valence-corrected chi connectivity index (χ3v) is 4.81. The first-order valence-corrected chi connectivity index (χ1v) is 8.54. The van der Waals surface area contributed by atoms with Gasteiger partial charge in [0.1, 0.15) is 6.04 Å². The SMILES string of the molecule is CN1C(=O)[C@@H](Cc2ccc(I)cc2)NC(=O)c2ccc(Cl)cc21. The molecule has 0 bridgehead atoms. The van der Waals surface area contributed by atoms with Crippen LogP contribution < -0.4 is 10.2 Å². The van der Waals surface area contributed by atoms with Gasteiger partial charge in [0.15, 0.2) is 0 Å². The normalized spacial score (nSPS) is 17.5. The Balaban J connectivity index is 1.92. The van der Waals surface area contributed by atoms with E-state index in [0.717, 1.165) is 9.13 Å². The van der Waals surface area contributed by atoms with E-state index in [9.17, 15) is 9.59 Å². The number of benzene rings is 2. The molecular formula is C17H14ClIN2O2. The average Bonchev–Trinajstić information content (AvgIpc) is 2.61. The van der Waals surface area contributed by atoms with Gasteiger partial charge in [-0.25, -0.2) is 0 Å². The number of carbonyl (C=O) groups is 2. The average molecular weight is 441 g/mol. The molecule has 0 spiro atoms. The van der Waals surface area contributed by atoms with Crippen molar-refractivity contribution >= 4 is 51.7 Å². The second-order valence-corrected chi connectivity index (χ2v) is 7.10. The van der Waals surface area contributed by atoms with E-state index in [1.807, 2.05) is 24.3 Å². The summed E-state index contributed by atoms with van der Waals surface area (Å²) >= 11 is 8.23. The first-order valence-electron chi connectivity index (χ1n) is 7.08. The molecule has 0 saturated heterocycles. The molecule has 23 heavy (non-hydrogen) atoms. The minimum Gasteiger partial charge on any atom is -0.340 e. The first-order chi connectivity index (χ1) is 11.0. The Labute approximate surface area is 153 Å². The molecule has 2 aromatic carbocycles. The minimum absolute atomic E-state index is 0.155. The number of nitrogens with one attached hydrogen (secondary N) is 1. The molecule has 118 valence electrons. The van der Waals surface area contributed by atoms with Crippen LogP contribution in [0.25, 0.3) is 0 Å². The Morgan fingerprint density at radius 3 is 2.57 bits per heavy atom. The zero-order valence-electron chi connectivity index (χ0n) is 12.3. The molecule has 3 rings (SSSR count). The Morgan fingerprint density at radius 2 is 1.87 bits per heavy atom. The van der Waals surface area contributed by atoms with Gasteiger partial charge in [-0.15, -0.1) is 0 Å². The molecule has 0 fully saturated rings. The lowest BCUT2D eigenvalue weighted by atomic mass is 10.1. The van der Waals surface area contributed by atoms with Crippen LogP contribution in [0.3, 0.4) is 0 Å². The molecule has 4 nitrogen and oxygen atoms in total. The number of halogens is 2. The van der Waals surface area contributed by atoms with Gasteiger partial charge in [0, 0.05) is 22.1 Å². The standard InChI is InChI=1S/C17H14ClIN2O2/c1-21-15-9-11(18)4-7-13(15)16(22)20-14(17(21)23)8-10-2-5-12(19)6-3-10/h2-7,9,14H,8H2,1H3,(H,20,22)/t14-/m1/s1. The molecule has 1 aliphatic rings. The fourth-order valence-electron chi connectivity index (χ4n) is 2.62. The molecule has 0 radical (unpaired) electrons. The summed E-state index contributed by atoms with van der Waals surface area (Å²) in [7, 11) is 1.67. The summed E-state index contributed by atoms with van der Waals surface area (Å²) in [5.41, 5.74) is 1.99. The van der Waals surface area contributed by atoms with Crippen molar-refractivity contribution in [2.24, 2.45) is 0 Å². The highest BCUT2D eigenvalue weighted by molar-refractivity contribution is 14.1. The third kappa shape index (κ3) is 3.35. The molecule has 1 heterocycles. The van der Waals surface area contributed by atoms with Gasteiger partial charge < -0.3 is 10.2 Å². The van der Waals surface area contributed by atoms with Crippen LogP contribution in [-0.4, -0.2) is 24.9 Å². The van der Waals surface area contributed by atoms with E-state index in [1.165, 1.54) is 4.90 Å². The molecule has 1 N–H and O–H groups in total. The van der Waals surface area contributed by atoms with Gasteiger partial charge in [0.2, 0.25) is 5.91 Å². The van der Waals surface area contributed by atoms with Crippen molar-refractivity contribution in [3.63, 3.8) is 0 Å². The molecule has 2 amide bonds. The molecular weight excluding hydrogens is 427 g/mol. The first kappa shape index (κ1) is 16.3. The van der Waals surface area contributed by atoms with Crippen molar-refractivity contribution < 1.29 is 9.59 Å². The Morgan fingerprint density at radius 1 is 1.17 bits per heavy atom. The maximum absolute atomic E-state index is 12.7. The largest absolute Gasteiger partial charge is 0.340 e. The van der Waals surface area contributed by atoms with E-state index in [1.54, 1.807) is 25.2 Å². The summed E-state index contributed by atoms with van der Waals surface area (Å²) in [5.74, 6) is -0.414. The third-order valence-electron chi connectivity index (χ3n) is 3.85. The monoisotopic (exact) mass is 440 g/mol. The van der Waals surface area contributed by atoms with E-state index in [4.69, 9.17) is 11.6 Å². The van der Waals surface area contributed by atoms with Crippen LogP contribution >= 0.6 is 34.2 Å². The smallest absolute Gasteiger partial charge is 0.254 e. The Hall–Kier alpha value is -1.60. The number of fused-ring (bicyclic) bond motifs is 1. The fourth-order valence-corrected chi connectivity index (χ4v) is 3.14. The van der Waals surface area contributed by atoms with E-state index in [-0.39, 0.29) is 11.8 Å². The number of nitrogens with zero attached hydrogens (tertiary/aromatic N) is 1. The van der Waals surface area contributed by atoms with E-state index in [2.05, 4.69) is 27.9 Å². The van der Waals surface area contributed by atoms with Gasteiger partial charge in [-0.2, -0.15) is 0 Å². The topological polar surface area (TPSA) is 49.4 Å². The maximum atomic E-state index is 12.7. The highest BCUT2D eigenvalue weighted by atomic mass is 127. The van der Waals surface area contributed by atoms with Crippen LogP contribution in [0, 0.1) is 3.57 Å². The number of rotatable bonds is 2. The van der Waals surface area contributed by atoms with Crippen LogP contribution in [0.4, 0.5) is 5.69 Å². The van der Waals surface area contributed by atoms with Gasteiger partial charge in [0.25, 0.3) is 5.91 Å². The molecule has 2 aromatic rings. The molecule has 0 aromatic heterocycles. The van der Waals surface area contributed by atoms with Crippen LogP contribution in [0.1, 0.15) is 15.9 Å². The number of anilines is 1. The number of hydrogen-bond acceptors (Lipinski definition) is 2. The fraction of sp³-hybridized carbons (Fsp3) is 0.176. The summed E-state index contributed by atoms with van der Waals surface area (Å²) in [6, 6.07) is 12.2. The number of hydrogen-bond donors (Lipinski definition) is 1. The summed E-state index contributed by atoms with van der Waals surface area (Å²) < 4.78 is 1.13. The zero-order chi connectivity index (χ0) is 16.6. The van der Waals surface area contributed by atoms with Gasteiger partial charge >= 0.3 is 0 Å². The van der Waals surface area contributed by atoms with Gasteiger partial charge in [-0.3, -0.25) is 9.59 Å². The summed E-state index contributed by atoms with van der Waals surface area (Å²) in [4.78, 5) is 26.6. The van der Waals surface area contributed by atoms with Crippen LogP contribution in [0.5, 0.6) is 0 Å². The summed E-state index contributed by atoms with van der Waals surface area (Å²) in [5, 5.41) is 3.32. The zero-order valence-corrected chi connectivity index (χ0v) is 15.3. The maximum Gasteiger partial charge on any atom is 0.254 e. The van der Waals surface area contributed by atoms with Gasteiger partial charge in [-0.1, -0.05) is 23.7 Å². The quantitative estimate of drug-likeness (QED) is 0.729. The summed E-state index contributed by atoms with van der Waals surface area (Å²) in [6.07, 6.45) is 0.452. The second-order valence-electron chi connectivity index (χ2n) is 5.42. The van der Waals surface area contributed by atoms with Crippen LogP contribution in [0.15, 0.2) is 42.5 Å². The Kier molecular flexibility index (Phi) is 4.59. The summed E-state index contributed by atoms with van der Waals surface area (Å²) in [6.45, 7) is 0. The lowest BCUT2D eigenvalue weighted by Gasteiger charge is -2.21. The Bertz CT molecular complexity index is 777. The highest BCUT2D eigenvalue weighted by Gasteiger charge is 2.31. The lowest BCUT2D eigenvalue weighted by Crippen LogP contribution is -2.45. The van der Waals surface area contributed by atoms with Crippen LogP contribution in [-0.2, 0) is 11.2 Å². The minimum atomic E-state index is -0.598. The van der Waals surface area contributed by atoms with E-state index >= 15 is 0 Å². The van der Waals surface area contributed by atoms with Crippen molar-refractivity contribution in [3.05, 3.63) is 62.2 Å². The number of carbonyl (C=O) groups excluding carboxylic acids is 2. The number of amides is 2. The van der Waals surface area contributed by atoms with Gasteiger partial charge in [-0.05, 0) is 58.5 Å². The van der Waals surface area contributed by atoms with Gasteiger partial charge in [0.05, 0.1) is 11.3 Å².